The van der Waals surface area contributed by atoms with E-state index in [1.165, 1.54) is 24.3 Å². The molecular formula is C21H20FN3O5. The minimum atomic E-state index is -0.621. The second-order valence-electron chi connectivity index (χ2n) is 6.35. The molecule has 1 aromatic heterocycles. The van der Waals surface area contributed by atoms with Gasteiger partial charge in [0.1, 0.15) is 11.6 Å². The SMILES string of the molecule is Cc1nc(COc2ccc(C(=O)OCC(=O)NCCc3ccc(F)cc3)cc2)no1. The fraction of sp³-hybridized carbons (Fsp3) is 0.238. The number of esters is 1. The highest BCUT2D eigenvalue weighted by atomic mass is 19.1. The fourth-order valence-electron chi connectivity index (χ4n) is 2.50. The lowest BCUT2D eigenvalue weighted by Gasteiger charge is -2.08. The zero-order valence-electron chi connectivity index (χ0n) is 16.3. The quantitative estimate of drug-likeness (QED) is 0.538. The van der Waals surface area contributed by atoms with Gasteiger partial charge in [0.25, 0.3) is 5.91 Å². The topological polar surface area (TPSA) is 104 Å². The molecule has 0 aliphatic heterocycles. The van der Waals surface area contributed by atoms with E-state index in [1.807, 2.05) is 0 Å². The molecule has 2 aromatic carbocycles. The Balaban J connectivity index is 1.37. The second-order valence-corrected chi connectivity index (χ2v) is 6.35. The molecule has 1 heterocycles. The van der Waals surface area contributed by atoms with Crippen LogP contribution in [0.1, 0.15) is 27.6 Å². The van der Waals surface area contributed by atoms with E-state index >= 15 is 0 Å². The van der Waals surface area contributed by atoms with E-state index in [-0.39, 0.29) is 18.0 Å². The summed E-state index contributed by atoms with van der Waals surface area (Å²) in [6.45, 7) is 1.79. The van der Waals surface area contributed by atoms with Crippen molar-refractivity contribution >= 4 is 11.9 Å². The van der Waals surface area contributed by atoms with Crippen LogP contribution in [0.5, 0.6) is 5.75 Å². The van der Waals surface area contributed by atoms with Crippen molar-refractivity contribution in [1.82, 2.24) is 15.5 Å². The van der Waals surface area contributed by atoms with Gasteiger partial charge in [0.15, 0.2) is 13.2 Å². The van der Waals surface area contributed by atoms with Gasteiger partial charge in [-0.2, -0.15) is 4.98 Å². The number of benzene rings is 2. The van der Waals surface area contributed by atoms with Crippen LogP contribution in [0.4, 0.5) is 4.39 Å². The molecule has 0 unspecified atom stereocenters. The summed E-state index contributed by atoms with van der Waals surface area (Å²) >= 11 is 0. The van der Waals surface area contributed by atoms with Gasteiger partial charge in [-0.3, -0.25) is 4.79 Å². The summed E-state index contributed by atoms with van der Waals surface area (Å²) in [7, 11) is 0. The number of halogens is 1. The Bertz CT molecular complexity index is 987. The highest BCUT2D eigenvalue weighted by Gasteiger charge is 2.11. The first kappa shape index (κ1) is 21.0. The molecule has 0 spiro atoms. The Morgan fingerprint density at radius 2 is 1.83 bits per heavy atom. The van der Waals surface area contributed by atoms with Crippen molar-refractivity contribution < 1.29 is 28.0 Å². The number of nitrogens with one attached hydrogen (secondary N) is 1. The van der Waals surface area contributed by atoms with E-state index in [2.05, 4.69) is 15.5 Å². The minimum absolute atomic E-state index is 0.138. The lowest BCUT2D eigenvalue weighted by atomic mass is 10.1. The lowest BCUT2D eigenvalue weighted by molar-refractivity contribution is -0.124. The van der Waals surface area contributed by atoms with E-state index < -0.39 is 18.5 Å². The number of carbonyl (C=O) groups excluding carboxylic acids is 2. The molecule has 0 radical (unpaired) electrons. The normalized spacial score (nSPS) is 10.5. The predicted molar refractivity (Wildman–Crippen MR) is 103 cm³/mol. The van der Waals surface area contributed by atoms with Gasteiger partial charge in [0, 0.05) is 13.5 Å². The van der Waals surface area contributed by atoms with Crippen LogP contribution in [0, 0.1) is 12.7 Å². The van der Waals surface area contributed by atoms with Gasteiger partial charge in [0.05, 0.1) is 5.56 Å². The van der Waals surface area contributed by atoms with Crippen LogP contribution in [-0.4, -0.2) is 35.2 Å². The molecule has 0 bridgehead atoms. The van der Waals surface area contributed by atoms with Crippen LogP contribution < -0.4 is 10.1 Å². The molecule has 0 aliphatic rings. The molecule has 9 heteroatoms. The standard InChI is InChI=1S/C21H20FN3O5/c1-14-24-19(25-30-14)12-28-18-8-4-16(5-9-18)21(27)29-13-20(26)23-11-10-15-2-6-17(22)7-3-15/h2-9H,10-13H2,1H3,(H,23,26). The van der Waals surface area contributed by atoms with E-state index in [4.69, 9.17) is 14.0 Å². The molecule has 3 aromatic rings. The maximum Gasteiger partial charge on any atom is 0.338 e. The third kappa shape index (κ3) is 6.40. The number of nitrogens with zero attached hydrogens (tertiary/aromatic N) is 2. The van der Waals surface area contributed by atoms with Crippen molar-refractivity contribution in [2.45, 2.75) is 20.0 Å². The number of hydrogen-bond donors (Lipinski definition) is 1. The zero-order valence-corrected chi connectivity index (χ0v) is 16.3. The van der Waals surface area contributed by atoms with E-state index in [0.717, 1.165) is 5.56 Å². The summed E-state index contributed by atoms with van der Waals surface area (Å²) in [6, 6.07) is 12.3. The van der Waals surface area contributed by atoms with Gasteiger partial charge in [-0.25, -0.2) is 9.18 Å². The summed E-state index contributed by atoms with van der Waals surface area (Å²) in [5, 5.41) is 6.37. The highest BCUT2D eigenvalue weighted by Crippen LogP contribution is 2.14. The van der Waals surface area contributed by atoms with Crippen molar-refractivity contribution in [2.75, 3.05) is 13.2 Å². The monoisotopic (exact) mass is 413 g/mol. The summed E-state index contributed by atoms with van der Waals surface area (Å²) in [6.07, 6.45) is 0.546. The van der Waals surface area contributed by atoms with E-state index in [1.54, 1.807) is 31.2 Å². The molecule has 30 heavy (non-hydrogen) atoms. The number of aryl methyl sites for hydroxylation is 1. The molecule has 0 fully saturated rings. The molecule has 0 saturated carbocycles. The maximum absolute atomic E-state index is 12.9. The molecule has 8 nitrogen and oxygen atoms in total. The zero-order chi connectivity index (χ0) is 21.3. The van der Waals surface area contributed by atoms with Gasteiger partial charge in [-0.05, 0) is 48.4 Å². The van der Waals surface area contributed by atoms with Gasteiger partial charge < -0.3 is 19.3 Å². The summed E-state index contributed by atoms with van der Waals surface area (Å²) in [4.78, 5) is 27.9. The van der Waals surface area contributed by atoms with Crippen LogP contribution in [-0.2, 0) is 22.6 Å². The molecule has 1 amide bonds. The number of hydrogen-bond acceptors (Lipinski definition) is 7. The first-order valence-electron chi connectivity index (χ1n) is 9.20. The summed E-state index contributed by atoms with van der Waals surface area (Å²) < 4.78 is 28.2. The van der Waals surface area contributed by atoms with Crippen LogP contribution in [0.3, 0.4) is 0 Å². The first-order chi connectivity index (χ1) is 14.5. The van der Waals surface area contributed by atoms with Crippen LogP contribution in [0.25, 0.3) is 0 Å². The average Bonchev–Trinajstić information content (AvgIpc) is 3.17. The number of carbonyl (C=O) groups is 2. The van der Waals surface area contributed by atoms with Crippen molar-refractivity contribution in [3.63, 3.8) is 0 Å². The van der Waals surface area contributed by atoms with Crippen LogP contribution in [0.15, 0.2) is 53.1 Å². The Hall–Kier alpha value is -3.75. The molecule has 3 rings (SSSR count). The summed E-state index contributed by atoms with van der Waals surface area (Å²) in [5.74, 6) is 0.0429. The van der Waals surface area contributed by atoms with E-state index in [9.17, 15) is 14.0 Å². The number of ether oxygens (including phenoxy) is 2. The number of amides is 1. The lowest BCUT2D eigenvalue weighted by Crippen LogP contribution is -2.30. The Labute approximate surface area is 172 Å². The Morgan fingerprint density at radius 3 is 2.50 bits per heavy atom. The molecule has 156 valence electrons. The van der Waals surface area contributed by atoms with E-state index in [0.29, 0.717) is 30.4 Å². The third-order valence-corrected chi connectivity index (χ3v) is 4.01. The van der Waals surface area contributed by atoms with Crippen LogP contribution >= 0.6 is 0 Å². The molecule has 0 aliphatic carbocycles. The summed E-state index contributed by atoms with van der Waals surface area (Å²) in [5.41, 5.74) is 1.18. The van der Waals surface area contributed by atoms with Crippen molar-refractivity contribution in [3.05, 3.63) is 77.2 Å². The van der Waals surface area contributed by atoms with Gasteiger partial charge in [-0.15, -0.1) is 0 Å². The Kier molecular flexibility index (Phi) is 7.09. The number of aromatic nitrogens is 2. The number of rotatable bonds is 9. The highest BCUT2D eigenvalue weighted by molar-refractivity contribution is 5.91. The minimum Gasteiger partial charge on any atom is -0.485 e. The van der Waals surface area contributed by atoms with Gasteiger partial charge in [0.2, 0.25) is 11.7 Å². The van der Waals surface area contributed by atoms with Crippen molar-refractivity contribution in [2.24, 2.45) is 0 Å². The van der Waals surface area contributed by atoms with Crippen molar-refractivity contribution in [1.29, 1.82) is 0 Å². The van der Waals surface area contributed by atoms with Gasteiger partial charge in [-0.1, -0.05) is 17.3 Å². The van der Waals surface area contributed by atoms with Crippen molar-refractivity contribution in [3.8, 4) is 5.75 Å². The fourth-order valence-corrected chi connectivity index (χ4v) is 2.50. The molecule has 0 atom stereocenters. The smallest absolute Gasteiger partial charge is 0.338 e. The third-order valence-electron chi connectivity index (χ3n) is 4.01. The Morgan fingerprint density at radius 1 is 1.10 bits per heavy atom. The average molecular weight is 413 g/mol. The molecule has 1 N–H and O–H groups in total. The van der Waals surface area contributed by atoms with Crippen LogP contribution in [0.2, 0.25) is 0 Å². The largest absolute Gasteiger partial charge is 0.485 e. The first-order valence-corrected chi connectivity index (χ1v) is 9.20. The molecule has 0 saturated heterocycles. The molecular weight excluding hydrogens is 393 g/mol. The maximum atomic E-state index is 12.9. The van der Waals surface area contributed by atoms with Gasteiger partial charge >= 0.3 is 5.97 Å². The second kappa shape index (κ2) is 10.1. The predicted octanol–water partition coefficient (Wildman–Crippen LogP) is 2.61.